The van der Waals surface area contributed by atoms with Gasteiger partial charge >= 0.3 is 6.09 Å². The van der Waals surface area contributed by atoms with Crippen LogP contribution in [0.15, 0.2) is 24.3 Å². The number of likely N-dealkylation sites (tertiary alicyclic amines) is 1. The maximum Gasteiger partial charge on any atom is 0.410 e. The van der Waals surface area contributed by atoms with Crippen LogP contribution in [0.3, 0.4) is 0 Å². The SMILES string of the molecule is CC(C)CN(C(=O)c1nc2ccccc2n1CCC(N)=O)[C@H]1C[C@@H](C(=O)N2CCOCC2)CN(C(=O)OC(C)(C)C)C1. The zero-order valence-electron chi connectivity index (χ0n) is 25.4. The van der Waals surface area contributed by atoms with Crippen LogP contribution in [-0.2, 0) is 25.6 Å². The van der Waals surface area contributed by atoms with Gasteiger partial charge in [-0.1, -0.05) is 26.0 Å². The molecule has 0 unspecified atom stereocenters. The number of amides is 4. The van der Waals surface area contributed by atoms with Crippen molar-refractivity contribution in [3.8, 4) is 0 Å². The second-order valence-corrected chi connectivity index (χ2v) is 12.6. The summed E-state index contributed by atoms with van der Waals surface area (Å²) in [5.74, 6) is -1.06. The monoisotopic (exact) mass is 584 g/mol. The molecule has 12 heteroatoms. The molecule has 12 nitrogen and oxygen atoms in total. The molecule has 42 heavy (non-hydrogen) atoms. The lowest BCUT2D eigenvalue weighted by atomic mass is 9.91. The Morgan fingerprint density at radius 2 is 1.79 bits per heavy atom. The number of carbonyl (C=O) groups excluding carboxylic acids is 4. The van der Waals surface area contributed by atoms with Crippen molar-refractivity contribution < 1.29 is 28.7 Å². The first-order chi connectivity index (χ1) is 19.8. The summed E-state index contributed by atoms with van der Waals surface area (Å²) in [6, 6.07) is 6.92. The van der Waals surface area contributed by atoms with Crippen LogP contribution in [0.4, 0.5) is 4.79 Å². The number of fused-ring (bicyclic) bond motifs is 1. The Labute approximate surface area is 247 Å². The number of aryl methyl sites for hydroxylation is 1. The van der Waals surface area contributed by atoms with Gasteiger partial charge in [-0.25, -0.2) is 9.78 Å². The predicted molar refractivity (Wildman–Crippen MR) is 157 cm³/mol. The lowest BCUT2D eigenvalue weighted by Gasteiger charge is -2.44. The number of hydrogen-bond donors (Lipinski definition) is 1. The molecule has 230 valence electrons. The van der Waals surface area contributed by atoms with Gasteiger partial charge in [-0.15, -0.1) is 0 Å². The molecule has 0 spiro atoms. The molecule has 0 bridgehead atoms. The third-order valence-corrected chi connectivity index (χ3v) is 7.44. The largest absolute Gasteiger partial charge is 0.444 e. The number of nitrogens with two attached hydrogens (primary N) is 1. The maximum absolute atomic E-state index is 14.4. The Morgan fingerprint density at radius 3 is 2.43 bits per heavy atom. The van der Waals surface area contributed by atoms with Crippen LogP contribution in [-0.4, -0.2) is 106 Å². The predicted octanol–water partition coefficient (Wildman–Crippen LogP) is 2.49. The van der Waals surface area contributed by atoms with E-state index in [2.05, 4.69) is 4.98 Å². The standard InChI is InChI=1S/C30H44N6O6/c1-20(2)17-36(28(39)26-32-23-8-6-7-9-24(23)35(26)11-10-25(31)37)22-16-21(27(38)33-12-14-41-15-13-33)18-34(19-22)29(40)42-30(3,4)5/h6-9,20-22H,10-19H2,1-5H3,(H2,31,37)/t21-,22+/m1/s1. The van der Waals surface area contributed by atoms with Crippen LogP contribution in [0, 0.1) is 11.8 Å². The minimum absolute atomic E-state index is 0.0524. The smallest absolute Gasteiger partial charge is 0.410 e. The molecule has 0 radical (unpaired) electrons. The zero-order chi connectivity index (χ0) is 30.6. The quantitative estimate of drug-likeness (QED) is 0.503. The second-order valence-electron chi connectivity index (χ2n) is 12.6. The summed E-state index contributed by atoms with van der Waals surface area (Å²) in [5, 5.41) is 0. The van der Waals surface area contributed by atoms with Gasteiger partial charge in [-0.3, -0.25) is 14.4 Å². The molecule has 2 aliphatic rings. The van der Waals surface area contributed by atoms with Crippen molar-refractivity contribution in [2.45, 2.75) is 65.6 Å². The van der Waals surface area contributed by atoms with Gasteiger partial charge in [0.25, 0.3) is 5.91 Å². The number of morpholine rings is 1. The van der Waals surface area contributed by atoms with E-state index in [-0.39, 0.29) is 49.6 Å². The van der Waals surface area contributed by atoms with Gasteiger partial charge in [0.2, 0.25) is 11.8 Å². The molecule has 4 amide bonds. The molecule has 2 N–H and O–H groups in total. The summed E-state index contributed by atoms with van der Waals surface area (Å²) in [4.78, 5) is 62.8. The number of carbonyl (C=O) groups is 4. The first kappa shape index (κ1) is 31.3. The highest BCUT2D eigenvalue weighted by Crippen LogP contribution is 2.28. The van der Waals surface area contributed by atoms with Crippen molar-refractivity contribution in [2.24, 2.45) is 17.6 Å². The van der Waals surface area contributed by atoms with Crippen LogP contribution in [0.1, 0.15) is 58.1 Å². The van der Waals surface area contributed by atoms with Gasteiger partial charge in [-0.2, -0.15) is 0 Å². The van der Waals surface area contributed by atoms with E-state index in [4.69, 9.17) is 15.2 Å². The van der Waals surface area contributed by atoms with Crippen LogP contribution in [0.5, 0.6) is 0 Å². The van der Waals surface area contributed by atoms with Crippen molar-refractivity contribution in [1.82, 2.24) is 24.3 Å². The fourth-order valence-electron chi connectivity index (χ4n) is 5.60. The summed E-state index contributed by atoms with van der Waals surface area (Å²) < 4.78 is 12.9. The van der Waals surface area contributed by atoms with Crippen LogP contribution >= 0.6 is 0 Å². The van der Waals surface area contributed by atoms with Gasteiger partial charge in [-0.05, 0) is 45.2 Å². The second kappa shape index (κ2) is 13.1. The molecule has 2 aliphatic heterocycles. The Hall–Kier alpha value is -3.67. The molecule has 2 fully saturated rings. The summed E-state index contributed by atoms with van der Waals surface area (Å²) >= 11 is 0. The van der Waals surface area contributed by atoms with E-state index in [1.807, 2.05) is 38.1 Å². The first-order valence-electron chi connectivity index (χ1n) is 14.7. The van der Waals surface area contributed by atoms with E-state index in [1.54, 1.807) is 40.0 Å². The van der Waals surface area contributed by atoms with Crippen molar-refractivity contribution in [1.29, 1.82) is 0 Å². The minimum Gasteiger partial charge on any atom is -0.444 e. The van der Waals surface area contributed by atoms with Crippen molar-refractivity contribution in [2.75, 3.05) is 45.9 Å². The van der Waals surface area contributed by atoms with E-state index < -0.39 is 29.6 Å². The Morgan fingerprint density at radius 1 is 1.10 bits per heavy atom. The number of para-hydroxylation sites is 2. The average Bonchev–Trinajstić information content (AvgIpc) is 3.31. The number of hydrogen-bond acceptors (Lipinski definition) is 7. The van der Waals surface area contributed by atoms with Gasteiger partial charge in [0.05, 0.1) is 36.2 Å². The van der Waals surface area contributed by atoms with Crippen molar-refractivity contribution >= 4 is 34.8 Å². The highest BCUT2D eigenvalue weighted by atomic mass is 16.6. The van der Waals surface area contributed by atoms with Crippen molar-refractivity contribution in [3.05, 3.63) is 30.1 Å². The highest BCUT2D eigenvalue weighted by molar-refractivity contribution is 5.95. The average molecular weight is 585 g/mol. The summed E-state index contributed by atoms with van der Waals surface area (Å²) in [6.45, 7) is 12.4. The number of piperidine rings is 1. The lowest BCUT2D eigenvalue weighted by molar-refractivity contribution is -0.142. The molecule has 0 saturated carbocycles. The molecule has 0 aliphatic carbocycles. The summed E-state index contributed by atoms with van der Waals surface area (Å²) in [6.07, 6.45) is -0.0654. The minimum atomic E-state index is -0.716. The van der Waals surface area contributed by atoms with Crippen LogP contribution in [0.25, 0.3) is 11.0 Å². The molecule has 2 saturated heterocycles. The number of imidazole rings is 1. The molecular formula is C30H44N6O6. The third-order valence-electron chi connectivity index (χ3n) is 7.44. The van der Waals surface area contributed by atoms with Gasteiger partial charge in [0.15, 0.2) is 5.82 Å². The molecule has 3 heterocycles. The number of primary amides is 1. The summed E-state index contributed by atoms with van der Waals surface area (Å²) in [7, 11) is 0. The number of aromatic nitrogens is 2. The maximum atomic E-state index is 14.4. The van der Waals surface area contributed by atoms with E-state index in [9.17, 15) is 19.2 Å². The van der Waals surface area contributed by atoms with Gasteiger partial charge in [0.1, 0.15) is 5.60 Å². The van der Waals surface area contributed by atoms with Crippen LogP contribution < -0.4 is 5.73 Å². The Kier molecular flexibility index (Phi) is 9.75. The Bertz CT molecular complexity index is 1290. The Balaban J connectivity index is 1.70. The number of rotatable bonds is 8. The van der Waals surface area contributed by atoms with E-state index >= 15 is 0 Å². The fourth-order valence-corrected chi connectivity index (χ4v) is 5.60. The van der Waals surface area contributed by atoms with Gasteiger partial charge in [0, 0.05) is 45.7 Å². The molecule has 1 aromatic carbocycles. The van der Waals surface area contributed by atoms with E-state index in [1.165, 1.54) is 0 Å². The normalized spacial score (nSPS) is 19.7. The molecule has 1 aromatic heterocycles. The highest BCUT2D eigenvalue weighted by Gasteiger charge is 2.41. The van der Waals surface area contributed by atoms with E-state index in [0.29, 0.717) is 44.8 Å². The number of benzene rings is 1. The summed E-state index contributed by atoms with van der Waals surface area (Å²) in [5.41, 5.74) is 6.10. The number of nitrogens with zero attached hydrogens (tertiary/aromatic N) is 5. The molecule has 4 rings (SSSR count). The topological polar surface area (TPSA) is 140 Å². The van der Waals surface area contributed by atoms with E-state index in [0.717, 1.165) is 5.52 Å². The fraction of sp³-hybridized carbons (Fsp3) is 0.633. The number of ether oxygens (including phenoxy) is 2. The molecule has 2 atom stereocenters. The first-order valence-corrected chi connectivity index (χ1v) is 14.7. The van der Waals surface area contributed by atoms with Crippen LogP contribution in [0.2, 0.25) is 0 Å². The van der Waals surface area contributed by atoms with Crippen molar-refractivity contribution in [3.63, 3.8) is 0 Å². The zero-order valence-corrected chi connectivity index (χ0v) is 25.4. The lowest BCUT2D eigenvalue weighted by Crippen LogP contribution is -2.58. The third kappa shape index (κ3) is 7.58. The molecular weight excluding hydrogens is 540 g/mol. The molecule has 2 aromatic rings. The van der Waals surface area contributed by atoms with Gasteiger partial charge < -0.3 is 34.5 Å².